The summed E-state index contributed by atoms with van der Waals surface area (Å²) in [4.78, 5) is 49.2. The van der Waals surface area contributed by atoms with Crippen LogP contribution in [0.25, 0.3) is 0 Å². The number of carbonyl (C=O) groups excluding carboxylic acids is 4. The Bertz CT molecular complexity index is 1210. The molecule has 0 radical (unpaired) electrons. The molecule has 3 heterocycles. The average molecular weight is 790 g/mol. The van der Waals surface area contributed by atoms with Gasteiger partial charge in [0, 0.05) is 39.6 Å². The fraction of sp³-hybridized carbons (Fsp3) is 0.706. The predicted octanol–water partition coefficient (Wildman–Crippen LogP) is 2.35. The van der Waals surface area contributed by atoms with Gasteiger partial charge in [-0.2, -0.15) is 0 Å². The van der Waals surface area contributed by atoms with E-state index in [-0.39, 0.29) is 59.5 Å². The quantitative estimate of drug-likeness (QED) is 0.0308. The molecule has 13 nitrogen and oxygen atoms in total. The van der Waals surface area contributed by atoms with Crippen molar-refractivity contribution in [3.8, 4) is 0 Å². The molecular weight excluding hydrogens is 737 g/mol. The summed E-state index contributed by atoms with van der Waals surface area (Å²) in [6.45, 7) is 10.5. The number of allylic oxidation sites excluding steroid dienone is 2. The molecule has 14 heteroatoms. The molecule has 3 aliphatic heterocycles. The van der Waals surface area contributed by atoms with Gasteiger partial charge in [-0.3, -0.25) is 24.5 Å². The van der Waals surface area contributed by atoms with Crippen LogP contribution in [0, 0.1) is 5.92 Å². The predicted molar refractivity (Wildman–Crippen MR) is 186 cm³/mol. The number of esters is 2. The zero-order valence-corrected chi connectivity index (χ0v) is 31.0. The Labute approximate surface area is 297 Å². The van der Waals surface area contributed by atoms with Crippen LogP contribution >= 0.6 is 22.6 Å². The van der Waals surface area contributed by atoms with E-state index >= 15 is 0 Å². The SMILES string of the molecule is CC(=O)O[C@@H](C)/C=C\C(=O)N[C@@H]1C[C@H](C)[C@H](C/C=C(C)/C=C/[C@H]2O[C@H](CC(=O)N(C)CCNCOC(=O)CI)C[C@@]3(CO3)[C@@H]2O)O[C@@H]1C. The van der Waals surface area contributed by atoms with Crippen molar-refractivity contribution in [2.24, 2.45) is 5.92 Å². The summed E-state index contributed by atoms with van der Waals surface area (Å²) in [5, 5.41) is 17.0. The van der Waals surface area contributed by atoms with Crippen LogP contribution in [0.5, 0.6) is 0 Å². The van der Waals surface area contributed by atoms with Crippen molar-refractivity contribution in [3.63, 3.8) is 0 Å². The molecule has 0 bridgehead atoms. The lowest BCUT2D eigenvalue weighted by atomic mass is 9.87. The first-order chi connectivity index (χ1) is 22.7. The van der Waals surface area contributed by atoms with Gasteiger partial charge in [0.15, 0.2) is 0 Å². The first-order valence-corrected chi connectivity index (χ1v) is 18.1. The van der Waals surface area contributed by atoms with Crippen LogP contribution in [0.1, 0.15) is 60.3 Å². The first kappa shape index (κ1) is 40.1. The number of ether oxygens (including phenoxy) is 5. The lowest BCUT2D eigenvalue weighted by Crippen LogP contribution is -2.51. The lowest BCUT2D eigenvalue weighted by molar-refractivity contribution is -0.150. The highest BCUT2D eigenvalue weighted by Gasteiger charge is 2.58. The Kier molecular flexibility index (Phi) is 16.0. The van der Waals surface area contributed by atoms with Crippen LogP contribution < -0.4 is 10.6 Å². The van der Waals surface area contributed by atoms with Gasteiger partial charge in [-0.05, 0) is 45.6 Å². The van der Waals surface area contributed by atoms with E-state index in [1.165, 1.54) is 13.0 Å². The summed E-state index contributed by atoms with van der Waals surface area (Å²) in [5.41, 5.74) is 0.291. The monoisotopic (exact) mass is 789 g/mol. The van der Waals surface area contributed by atoms with Crippen LogP contribution in [-0.4, -0.2) is 120 Å². The molecule has 3 saturated heterocycles. The van der Waals surface area contributed by atoms with Crippen LogP contribution in [-0.2, 0) is 42.9 Å². The van der Waals surface area contributed by atoms with Gasteiger partial charge in [-0.1, -0.05) is 53.3 Å². The summed E-state index contributed by atoms with van der Waals surface area (Å²) in [6, 6.07) is -0.141. The van der Waals surface area contributed by atoms with Crippen molar-refractivity contribution in [2.45, 2.75) is 109 Å². The minimum atomic E-state index is -0.838. The maximum absolute atomic E-state index is 12.9. The van der Waals surface area contributed by atoms with Crippen molar-refractivity contribution in [1.29, 1.82) is 0 Å². The van der Waals surface area contributed by atoms with Gasteiger partial charge < -0.3 is 39.0 Å². The number of aliphatic hydroxyl groups is 1. The molecule has 0 aliphatic carbocycles. The van der Waals surface area contributed by atoms with Crippen molar-refractivity contribution >= 4 is 46.3 Å². The van der Waals surface area contributed by atoms with Gasteiger partial charge in [-0.25, -0.2) is 0 Å². The molecule has 1 spiro atoms. The number of rotatable bonds is 16. The fourth-order valence-corrected chi connectivity index (χ4v) is 6.07. The third-order valence-electron chi connectivity index (χ3n) is 8.82. The Morgan fingerprint density at radius 3 is 2.56 bits per heavy atom. The summed E-state index contributed by atoms with van der Waals surface area (Å²) in [6.07, 6.45) is 8.26. The van der Waals surface area contributed by atoms with Crippen LogP contribution in [0.3, 0.4) is 0 Å². The molecule has 0 unspecified atom stereocenters. The number of alkyl halides is 1. The third-order valence-corrected chi connectivity index (χ3v) is 9.44. The zero-order chi connectivity index (χ0) is 35.4. The van der Waals surface area contributed by atoms with Gasteiger partial charge in [0.05, 0.1) is 41.8 Å². The topological polar surface area (TPSA) is 165 Å². The largest absolute Gasteiger partial charge is 0.459 e. The lowest BCUT2D eigenvalue weighted by Gasteiger charge is -2.39. The Morgan fingerprint density at radius 2 is 1.90 bits per heavy atom. The van der Waals surface area contributed by atoms with Crippen molar-refractivity contribution < 1.29 is 48.0 Å². The molecule has 0 saturated carbocycles. The molecule has 3 aliphatic rings. The number of likely N-dealkylation sites (N-methyl/N-ethyl adjacent to an activating group) is 1. The van der Waals surface area contributed by atoms with E-state index in [4.69, 9.17) is 23.7 Å². The molecule has 0 aromatic heterocycles. The Balaban J connectivity index is 1.47. The summed E-state index contributed by atoms with van der Waals surface area (Å²) >= 11 is 1.94. The fourth-order valence-electron chi connectivity index (χ4n) is 5.85. The number of amides is 2. The average Bonchev–Trinajstić information content (AvgIpc) is 3.80. The number of nitrogens with one attached hydrogen (secondary N) is 2. The highest BCUT2D eigenvalue weighted by Crippen LogP contribution is 2.43. The normalized spacial score (nSPS) is 31.1. The Hall–Kier alpha value is -2.37. The van der Waals surface area contributed by atoms with Crippen LogP contribution in [0.2, 0.25) is 0 Å². The maximum atomic E-state index is 12.9. The van der Waals surface area contributed by atoms with Crippen LogP contribution in [0.15, 0.2) is 36.0 Å². The number of halogens is 1. The minimum Gasteiger partial charge on any atom is -0.459 e. The molecule has 3 N–H and O–H groups in total. The van der Waals surface area contributed by atoms with Crippen LogP contribution in [0.4, 0.5) is 0 Å². The van der Waals surface area contributed by atoms with Crippen molar-refractivity contribution in [1.82, 2.24) is 15.5 Å². The number of epoxide rings is 1. The summed E-state index contributed by atoms with van der Waals surface area (Å²) in [5.74, 6) is -0.843. The van der Waals surface area contributed by atoms with E-state index in [2.05, 4.69) is 23.6 Å². The van der Waals surface area contributed by atoms with Crippen molar-refractivity contribution in [2.75, 3.05) is 37.9 Å². The number of aliphatic hydroxyl groups excluding tert-OH is 1. The zero-order valence-electron chi connectivity index (χ0n) is 28.8. The minimum absolute atomic E-state index is 0.0238. The van der Waals surface area contributed by atoms with E-state index in [0.29, 0.717) is 32.5 Å². The number of carbonyl (C=O) groups is 4. The maximum Gasteiger partial charge on any atom is 0.317 e. The third kappa shape index (κ3) is 12.8. The van der Waals surface area contributed by atoms with E-state index in [9.17, 15) is 24.3 Å². The molecular formula is C34H52IN3O10. The van der Waals surface area contributed by atoms with Crippen molar-refractivity contribution in [3.05, 3.63) is 36.0 Å². The first-order valence-electron chi connectivity index (χ1n) is 16.5. The van der Waals surface area contributed by atoms with Gasteiger partial charge in [-0.15, -0.1) is 0 Å². The molecule has 9 atom stereocenters. The molecule has 3 rings (SSSR count). The standard InChI is InChI=1S/C34H52IN3O10/c1-21(7-10-28-22(2)15-27(24(4)47-28)37-30(40)12-9-23(3)46-25(5)39)8-11-29-33(43)34(19-45-34)17-26(48-29)16-31(41)38(6)14-13-36-20-44-32(42)18-35/h7-9,11-12,22-24,26-29,33,36,43H,10,13-20H2,1-6H3,(H,37,40)/b11-8+,12-9-,21-7+/t22-,23-,24+,26+,27+,28-,29+,33+,34+/m0/s1. The number of nitrogens with zero attached hydrogens (tertiary/aromatic N) is 1. The second kappa shape index (κ2) is 19.1. The van der Waals surface area contributed by atoms with Gasteiger partial charge >= 0.3 is 11.9 Å². The van der Waals surface area contributed by atoms with Gasteiger partial charge in [0.1, 0.15) is 30.6 Å². The molecule has 0 aromatic carbocycles. The van der Waals surface area contributed by atoms with E-state index in [0.717, 1.165) is 12.0 Å². The summed E-state index contributed by atoms with van der Waals surface area (Å²) < 4.78 is 28.4. The second-order valence-electron chi connectivity index (χ2n) is 13.0. The van der Waals surface area contributed by atoms with Gasteiger partial charge in [0.2, 0.25) is 11.8 Å². The highest BCUT2D eigenvalue weighted by atomic mass is 127. The van der Waals surface area contributed by atoms with E-state index in [1.54, 1.807) is 24.9 Å². The molecule has 3 fully saturated rings. The number of hydrogen-bond donors (Lipinski definition) is 3. The second-order valence-corrected chi connectivity index (χ2v) is 13.7. The summed E-state index contributed by atoms with van der Waals surface area (Å²) in [7, 11) is 1.72. The number of hydrogen-bond acceptors (Lipinski definition) is 11. The highest BCUT2D eigenvalue weighted by molar-refractivity contribution is 14.1. The Morgan fingerprint density at radius 1 is 1.17 bits per heavy atom. The van der Waals surface area contributed by atoms with Gasteiger partial charge in [0.25, 0.3) is 0 Å². The molecule has 0 aromatic rings. The molecule has 48 heavy (non-hydrogen) atoms. The molecule has 2 amide bonds. The molecule has 270 valence electrons. The van der Waals surface area contributed by atoms with E-state index < -0.39 is 36.0 Å². The van der Waals surface area contributed by atoms with E-state index in [1.807, 2.05) is 48.6 Å². The smallest absolute Gasteiger partial charge is 0.317 e.